The summed E-state index contributed by atoms with van der Waals surface area (Å²) in [4.78, 5) is 16.8. The Bertz CT molecular complexity index is 680. The van der Waals surface area contributed by atoms with E-state index < -0.39 is 0 Å². The van der Waals surface area contributed by atoms with Gasteiger partial charge >= 0.3 is 0 Å². The van der Waals surface area contributed by atoms with Gasteiger partial charge in [-0.2, -0.15) is 0 Å². The number of hydrogen-bond donors (Lipinski definition) is 1. The number of carbonyl (C=O) groups excluding carboxylic acids is 1. The Kier molecular flexibility index (Phi) is 6.59. The molecule has 25 heavy (non-hydrogen) atoms. The fraction of sp³-hybridized carbons (Fsp3) is 0.350. The van der Waals surface area contributed by atoms with Crippen LogP contribution in [0.15, 0.2) is 60.7 Å². The van der Waals surface area contributed by atoms with Gasteiger partial charge in [0.1, 0.15) is 0 Å². The Morgan fingerprint density at radius 2 is 1.64 bits per heavy atom. The molecule has 0 radical (unpaired) electrons. The maximum Gasteiger partial charge on any atom is 0.243 e. The SMILES string of the molecule is CC(C(=O)N(C)c1ccccc1)N1C[C@@H](N)[C@H](c2ccccc2)C1.Cl. The number of anilines is 1. The highest BCUT2D eigenvalue weighted by Crippen LogP contribution is 2.28. The van der Waals surface area contributed by atoms with Crippen molar-refractivity contribution in [1.29, 1.82) is 0 Å². The molecule has 3 rings (SSSR count). The first-order chi connectivity index (χ1) is 11.6. The van der Waals surface area contributed by atoms with Crippen LogP contribution < -0.4 is 10.6 Å². The molecule has 2 N–H and O–H groups in total. The van der Waals surface area contributed by atoms with Crippen LogP contribution >= 0.6 is 12.4 Å². The summed E-state index contributed by atoms with van der Waals surface area (Å²) >= 11 is 0. The lowest BCUT2D eigenvalue weighted by molar-refractivity contribution is -0.122. The number of halogens is 1. The summed E-state index contributed by atoms with van der Waals surface area (Å²) in [5, 5.41) is 0. The molecule has 1 unspecified atom stereocenters. The molecule has 4 nitrogen and oxygen atoms in total. The summed E-state index contributed by atoms with van der Waals surface area (Å²) in [5.74, 6) is 0.380. The van der Waals surface area contributed by atoms with Crippen molar-refractivity contribution in [1.82, 2.24) is 4.90 Å². The second-order valence-corrected chi connectivity index (χ2v) is 6.54. The first-order valence-corrected chi connectivity index (χ1v) is 8.45. The number of hydrogen-bond acceptors (Lipinski definition) is 3. The molecule has 1 saturated heterocycles. The quantitative estimate of drug-likeness (QED) is 0.913. The summed E-state index contributed by atoms with van der Waals surface area (Å²) in [7, 11) is 1.83. The maximum atomic E-state index is 12.8. The van der Waals surface area contributed by atoms with Gasteiger partial charge in [0.15, 0.2) is 0 Å². The van der Waals surface area contributed by atoms with Crippen LogP contribution in [0.4, 0.5) is 5.69 Å². The molecule has 2 aromatic rings. The molecule has 1 aliphatic rings. The number of carbonyl (C=O) groups is 1. The van der Waals surface area contributed by atoms with Crippen molar-refractivity contribution in [2.45, 2.75) is 24.9 Å². The first kappa shape index (κ1) is 19.4. The Hall–Kier alpha value is -1.88. The Labute approximate surface area is 156 Å². The highest BCUT2D eigenvalue weighted by Gasteiger charge is 2.36. The minimum absolute atomic E-state index is 0. The number of likely N-dealkylation sites (N-methyl/N-ethyl adjacent to an activating group) is 1. The summed E-state index contributed by atoms with van der Waals surface area (Å²) in [6.45, 7) is 3.54. The zero-order valence-corrected chi connectivity index (χ0v) is 15.5. The topological polar surface area (TPSA) is 49.6 Å². The monoisotopic (exact) mass is 359 g/mol. The molecule has 0 spiro atoms. The molecule has 1 heterocycles. The number of nitrogens with two attached hydrogens (primary N) is 1. The van der Waals surface area contributed by atoms with E-state index in [0.29, 0.717) is 0 Å². The molecule has 0 saturated carbocycles. The van der Waals surface area contributed by atoms with Crippen molar-refractivity contribution < 1.29 is 4.79 Å². The molecule has 1 aliphatic heterocycles. The van der Waals surface area contributed by atoms with Gasteiger partial charge in [0.2, 0.25) is 5.91 Å². The van der Waals surface area contributed by atoms with Crippen LogP contribution in [0.3, 0.4) is 0 Å². The fourth-order valence-corrected chi connectivity index (χ4v) is 3.44. The minimum atomic E-state index is -0.185. The van der Waals surface area contributed by atoms with E-state index in [-0.39, 0.29) is 36.3 Å². The lowest BCUT2D eigenvalue weighted by atomic mass is 9.95. The molecule has 3 atom stereocenters. The van der Waals surface area contributed by atoms with Crippen molar-refractivity contribution in [3.05, 3.63) is 66.2 Å². The second-order valence-electron chi connectivity index (χ2n) is 6.54. The summed E-state index contributed by atoms with van der Waals surface area (Å²) in [5.41, 5.74) is 8.53. The van der Waals surface area contributed by atoms with E-state index in [1.165, 1.54) is 5.56 Å². The van der Waals surface area contributed by atoms with Gasteiger partial charge < -0.3 is 10.6 Å². The Morgan fingerprint density at radius 1 is 1.08 bits per heavy atom. The lowest BCUT2D eigenvalue weighted by Crippen LogP contribution is -2.45. The molecular weight excluding hydrogens is 334 g/mol. The standard InChI is InChI=1S/C20H25N3O.ClH/c1-15(20(24)22(2)17-11-7-4-8-12-17)23-13-18(19(21)14-23)16-9-5-3-6-10-16;/h3-12,15,18-19H,13-14,21H2,1-2H3;1H/t15?,18-,19+;/m0./s1. The largest absolute Gasteiger partial charge is 0.326 e. The van der Waals surface area contributed by atoms with Crippen molar-refractivity contribution in [2.75, 3.05) is 25.0 Å². The minimum Gasteiger partial charge on any atom is -0.326 e. The molecule has 0 aliphatic carbocycles. The van der Waals surface area contributed by atoms with E-state index in [1.807, 2.05) is 62.5 Å². The van der Waals surface area contributed by atoms with Gasteiger partial charge in [0.25, 0.3) is 0 Å². The van der Waals surface area contributed by atoms with Gasteiger partial charge in [0.05, 0.1) is 6.04 Å². The van der Waals surface area contributed by atoms with E-state index in [2.05, 4.69) is 17.0 Å². The van der Waals surface area contributed by atoms with E-state index in [1.54, 1.807) is 4.90 Å². The Morgan fingerprint density at radius 3 is 2.24 bits per heavy atom. The van der Waals surface area contributed by atoms with E-state index in [0.717, 1.165) is 18.8 Å². The fourth-order valence-electron chi connectivity index (χ4n) is 3.44. The zero-order valence-electron chi connectivity index (χ0n) is 14.7. The lowest BCUT2D eigenvalue weighted by Gasteiger charge is -2.28. The van der Waals surface area contributed by atoms with Crippen LogP contribution in [0, 0.1) is 0 Å². The average Bonchev–Trinajstić information content (AvgIpc) is 3.03. The van der Waals surface area contributed by atoms with Gasteiger partial charge in [-0.3, -0.25) is 9.69 Å². The van der Waals surface area contributed by atoms with Crippen LogP contribution in [-0.4, -0.2) is 43.0 Å². The van der Waals surface area contributed by atoms with Crippen LogP contribution in [0.25, 0.3) is 0 Å². The molecule has 2 aromatic carbocycles. The zero-order chi connectivity index (χ0) is 17.1. The first-order valence-electron chi connectivity index (χ1n) is 8.45. The van der Waals surface area contributed by atoms with Crippen LogP contribution in [0.1, 0.15) is 18.4 Å². The van der Waals surface area contributed by atoms with Crippen molar-refractivity contribution in [3.8, 4) is 0 Å². The predicted molar refractivity (Wildman–Crippen MR) is 105 cm³/mol. The summed E-state index contributed by atoms with van der Waals surface area (Å²) in [6, 6.07) is 20.0. The maximum absolute atomic E-state index is 12.8. The van der Waals surface area contributed by atoms with Gasteiger partial charge in [-0.15, -0.1) is 12.4 Å². The van der Waals surface area contributed by atoms with Crippen molar-refractivity contribution in [2.24, 2.45) is 5.73 Å². The number of para-hydroxylation sites is 1. The van der Waals surface area contributed by atoms with Crippen LogP contribution in [0.5, 0.6) is 0 Å². The third-order valence-electron chi connectivity index (χ3n) is 5.00. The molecular formula is C20H26ClN3O. The predicted octanol–water partition coefficient (Wildman–Crippen LogP) is 2.89. The van der Waals surface area contributed by atoms with Gasteiger partial charge in [-0.25, -0.2) is 0 Å². The molecule has 0 bridgehead atoms. The molecule has 1 fully saturated rings. The molecule has 134 valence electrons. The van der Waals surface area contributed by atoms with Crippen LogP contribution in [-0.2, 0) is 4.79 Å². The number of amides is 1. The van der Waals surface area contributed by atoms with Crippen LogP contribution in [0.2, 0.25) is 0 Å². The molecule has 0 aromatic heterocycles. The van der Waals surface area contributed by atoms with E-state index in [9.17, 15) is 4.79 Å². The van der Waals surface area contributed by atoms with Gasteiger partial charge in [-0.05, 0) is 24.6 Å². The normalized spacial score (nSPS) is 21.4. The smallest absolute Gasteiger partial charge is 0.243 e. The third kappa shape index (κ3) is 4.21. The second kappa shape index (κ2) is 8.48. The number of rotatable bonds is 4. The highest BCUT2D eigenvalue weighted by molar-refractivity contribution is 5.96. The third-order valence-corrected chi connectivity index (χ3v) is 5.00. The van der Waals surface area contributed by atoms with Gasteiger partial charge in [0, 0.05) is 37.8 Å². The Balaban J connectivity index is 0.00000225. The number of benzene rings is 2. The highest BCUT2D eigenvalue weighted by atomic mass is 35.5. The van der Waals surface area contributed by atoms with E-state index in [4.69, 9.17) is 5.73 Å². The average molecular weight is 360 g/mol. The van der Waals surface area contributed by atoms with Crippen molar-refractivity contribution >= 4 is 24.0 Å². The summed E-state index contributed by atoms with van der Waals surface area (Å²) in [6.07, 6.45) is 0. The molecule has 1 amide bonds. The van der Waals surface area contributed by atoms with Gasteiger partial charge in [-0.1, -0.05) is 48.5 Å². The number of likely N-dealkylation sites (tertiary alicyclic amines) is 1. The van der Waals surface area contributed by atoms with Crippen molar-refractivity contribution in [3.63, 3.8) is 0 Å². The van der Waals surface area contributed by atoms with E-state index >= 15 is 0 Å². The number of nitrogens with zero attached hydrogens (tertiary/aromatic N) is 2. The summed E-state index contributed by atoms with van der Waals surface area (Å²) < 4.78 is 0. The molecule has 5 heteroatoms.